The summed E-state index contributed by atoms with van der Waals surface area (Å²) in [5.41, 5.74) is 2.79. The molecule has 0 saturated carbocycles. The molecule has 0 radical (unpaired) electrons. The highest BCUT2D eigenvalue weighted by atomic mass is 15.2. The van der Waals surface area contributed by atoms with Crippen molar-refractivity contribution in [1.29, 1.82) is 0 Å². The number of piperazine rings is 1. The molecular formula is C16H27N3. The van der Waals surface area contributed by atoms with Crippen LogP contribution in [0.25, 0.3) is 0 Å². The number of likely N-dealkylation sites (N-methyl/N-ethyl adjacent to an activating group) is 1. The summed E-state index contributed by atoms with van der Waals surface area (Å²) in [7, 11) is 2.23. The van der Waals surface area contributed by atoms with E-state index in [1.807, 2.05) is 0 Å². The van der Waals surface area contributed by atoms with Crippen molar-refractivity contribution < 1.29 is 0 Å². The predicted molar refractivity (Wildman–Crippen MR) is 81.7 cm³/mol. The van der Waals surface area contributed by atoms with Gasteiger partial charge in [0.2, 0.25) is 0 Å². The first kappa shape index (κ1) is 14.5. The first-order valence-corrected chi connectivity index (χ1v) is 7.43. The summed E-state index contributed by atoms with van der Waals surface area (Å²) >= 11 is 0. The van der Waals surface area contributed by atoms with Crippen molar-refractivity contribution >= 4 is 0 Å². The fraction of sp³-hybridized carbons (Fsp3) is 0.625. The Bertz CT molecular complexity index is 378. The average Bonchev–Trinajstić information content (AvgIpc) is 2.40. The van der Waals surface area contributed by atoms with E-state index in [2.05, 4.69) is 53.8 Å². The van der Waals surface area contributed by atoms with Crippen LogP contribution in [-0.2, 0) is 6.42 Å². The Morgan fingerprint density at radius 2 is 2.26 bits per heavy atom. The van der Waals surface area contributed by atoms with E-state index in [4.69, 9.17) is 0 Å². The second-order valence-corrected chi connectivity index (χ2v) is 5.62. The average molecular weight is 261 g/mol. The molecular weight excluding hydrogens is 234 g/mol. The highest BCUT2D eigenvalue weighted by Gasteiger charge is 2.17. The molecule has 1 aliphatic rings. The molecule has 1 aromatic carbocycles. The van der Waals surface area contributed by atoms with Crippen molar-refractivity contribution in [2.45, 2.75) is 25.8 Å². The van der Waals surface area contributed by atoms with E-state index >= 15 is 0 Å². The zero-order valence-corrected chi connectivity index (χ0v) is 12.3. The summed E-state index contributed by atoms with van der Waals surface area (Å²) in [5.74, 6) is 0. The van der Waals surface area contributed by atoms with Gasteiger partial charge in [0, 0.05) is 25.7 Å². The van der Waals surface area contributed by atoms with Crippen LogP contribution >= 0.6 is 0 Å². The molecule has 1 heterocycles. The Balaban J connectivity index is 1.59. The summed E-state index contributed by atoms with van der Waals surface area (Å²) in [5, 5.41) is 7.04. The normalized spacial score (nSPS) is 20.6. The molecule has 19 heavy (non-hydrogen) atoms. The minimum atomic E-state index is 0.695. The minimum Gasteiger partial charge on any atom is -0.316 e. The Kier molecular flexibility index (Phi) is 5.83. The van der Waals surface area contributed by atoms with Crippen LogP contribution in [0.1, 0.15) is 17.5 Å². The second-order valence-electron chi connectivity index (χ2n) is 5.62. The molecule has 0 spiro atoms. The van der Waals surface area contributed by atoms with Crippen LogP contribution in [0.15, 0.2) is 24.3 Å². The first-order valence-electron chi connectivity index (χ1n) is 7.43. The van der Waals surface area contributed by atoms with E-state index in [1.54, 1.807) is 0 Å². The molecule has 1 aromatic rings. The van der Waals surface area contributed by atoms with E-state index in [0.717, 1.165) is 32.6 Å². The summed E-state index contributed by atoms with van der Waals surface area (Å²) < 4.78 is 0. The number of nitrogens with zero attached hydrogens (tertiary/aromatic N) is 1. The van der Waals surface area contributed by atoms with Crippen LogP contribution < -0.4 is 10.6 Å². The maximum Gasteiger partial charge on any atom is 0.0230 e. The fourth-order valence-electron chi connectivity index (χ4n) is 2.68. The maximum atomic E-state index is 3.57. The van der Waals surface area contributed by atoms with Crippen molar-refractivity contribution in [3.8, 4) is 0 Å². The van der Waals surface area contributed by atoms with E-state index in [1.165, 1.54) is 24.1 Å². The lowest BCUT2D eigenvalue weighted by atomic mass is 10.1. The van der Waals surface area contributed by atoms with Gasteiger partial charge < -0.3 is 15.5 Å². The molecule has 2 rings (SSSR count). The molecule has 3 nitrogen and oxygen atoms in total. The first-order chi connectivity index (χ1) is 9.25. The monoisotopic (exact) mass is 261 g/mol. The van der Waals surface area contributed by atoms with Crippen molar-refractivity contribution in [2.24, 2.45) is 0 Å². The van der Waals surface area contributed by atoms with Gasteiger partial charge in [-0.3, -0.25) is 0 Å². The van der Waals surface area contributed by atoms with E-state index in [0.29, 0.717) is 6.04 Å². The van der Waals surface area contributed by atoms with Crippen LogP contribution in [-0.4, -0.2) is 50.7 Å². The molecule has 0 amide bonds. The van der Waals surface area contributed by atoms with Gasteiger partial charge in [-0.2, -0.15) is 0 Å². The number of hydrogen-bond acceptors (Lipinski definition) is 3. The zero-order valence-electron chi connectivity index (χ0n) is 12.3. The van der Waals surface area contributed by atoms with E-state index in [9.17, 15) is 0 Å². The van der Waals surface area contributed by atoms with Gasteiger partial charge in [0.25, 0.3) is 0 Å². The van der Waals surface area contributed by atoms with Gasteiger partial charge in [0.15, 0.2) is 0 Å². The van der Waals surface area contributed by atoms with Crippen LogP contribution in [0.3, 0.4) is 0 Å². The molecule has 1 aliphatic heterocycles. The Hall–Kier alpha value is -0.900. The van der Waals surface area contributed by atoms with Gasteiger partial charge in [-0.1, -0.05) is 29.8 Å². The number of rotatable bonds is 6. The number of nitrogens with one attached hydrogen (secondary N) is 2. The maximum absolute atomic E-state index is 3.57. The molecule has 1 atom stereocenters. The molecule has 0 aliphatic carbocycles. The highest BCUT2D eigenvalue weighted by Crippen LogP contribution is 2.05. The van der Waals surface area contributed by atoms with Crippen molar-refractivity contribution in [3.63, 3.8) is 0 Å². The topological polar surface area (TPSA) is 27.3 Å². The standard InChI is InChI=1S/C16H27N3/c1-14-4-3-5-15(12-14)6-8-17-9-7-16-13-18-10-11-19(16)2/h3-5,12,16-18H,6-11,13H2,1-2H3. The highest BCUT2D eigenvalue weighted by molar-refractivity contribution is 5.22. The summed E-state index contributed by atoms with van der Waals surface area (Å²) in [6.07, 6.45) is 2.36. The minimum absolute atomic E-state index is 0.695. The molecule has 0 aromatic heterocycles. The van der Waals surface area contributed by atoms with Crippen LogP contribution in [0.5, 0.6) is 0 Å². The quantitative estimate of drug-likeness (QED) is 0.759. The second kappa shape index (κ2) is 7.63. The summed E-state index contributed by atoms with van der Waals surface area (Å²) in [4.78, 5) is 2.47. The molecule has 3 heteroatoms. The van der Waals surface area contributed by atoms with E-state index in [-0.39, 0.29) is 0 Å². The number of hydrogen-bond donors (Lipinski definition) is 2. The zero-order chi connectivity index (χ0) is 13.5. The number of benzene rings is 1. The van der Waals surface area contributed by atoms with Gasteiger partial charge in [0.1, 0.15) is 0 Å². The predicted octanol–water partition coefficient (Wildman–Crippen LogP) is 1.42. The van der Waals surface area contributed by atoms with E-state index < -0.39 is 0 Å². The molecule has 2 N–H and O–H groups in total. The van der Waals surface area contributed by atoms with Crippen molar-refractivity contribution in [3.05, 3.63) is 35.4 Å². The van der Waals surface area contributed by atoms with Gasteiger partial charge in [-0.25, -0.2) is 0 Å². The lowest BCUT2D eigenvalue weighted by molar-refractivity contribution is 0.190. The lowest BCUT2D eigenvalue weighted by Gasteiger charge is -2.33. The molecule has 1 fully saturated rings. The molecule has 1 saturated heterocycles. The Morgan fingerprint density at radius 3 is 3.05 bits per heavy atom. The molecule has 1 unspecified atom stereocenters. The summed E-state index contributed by atoms with van der Waals surface area (Å²) in [6, 6.07) is 9.49. The Morgan fingerprint density at radius 1 is 1.37 bits per heavy atom. The van der Waals surface area contributed by atoms with Crippen molar-refractivity contribution in [1.82, 2.24) is 15.5 Å². The smallest absolute Gasteiger partial charge is 0.0230 e. The largest absolute Gasteiger partial charge is 0.316 e. The van der Waals surface area contributed by atoms with Gasteiger partial charge in [0.05, 0.1) is 0 Å². The van der Waals surface area contributed by atoms with Gasteiger partial charge in [-0.15, -0.1) is 0 Å². The molecule has 106 valence electrons. The SMILES string of the molecule is Cc1cccc(CCNCCC2CNCCN2C)c1. The lowest BCUT2D eigenvalue weighted by Crippen LogP contribution is -2.50. The third-order valence-corrected chi connectivity index (χ3v) is 3.97. The van der Waals surface area contributed by atoms with Crippen LogP contribution in [0.4, 0.5) is 0 Å². The van der Waals surface area contributed by atoms with Gasteiger partial charge >= 0.3 is 0 Å². The van der Waals surface area contributed by atoms with Crippen LogP contribution in [0.2, 0.25) is 0 Å². The Labute approximate surface area is 117 Å². The summed E-state index contributed by atoms with van der Waals surface area (Å²) in [6.45, 7) is 7.79. The third-order valence-electron chi connectivity index (χ3n) is 3.97. The third kappa shape index (κ3) is 4.94. The molecule has 0 bridgehead atoms. The number of aryl methyl sites for hydroxylation is 1. The van der Waals surface area contributed by atoms with Crippen LogP contribution in [0, 0.1) is 6.92 Å². The van der Waals surface area contributed by atoms with Gasteiger partial charge in [-0.05, 0) is 45.5 Å². The van der Waals surface area contributed by atoms with Crippen molar-refractivity contribution in [2.75, 3.05) is 39.8 Å². The fourth-order valence-corrected chi connectivity index (χ4v) is 2.68.